The van der Waals surface area contributed by atoms with Gasteiger partial charge in [-0.3, -0.25) is 4.79 Å². The Hall–Kier alpha value is -0.650. The van der Waals surface area contributed by atoms with Crippen LogP contribution in [0.15, 0.2) is 21.5 Å². The van der Waals surface area contributed by atoms with Gasteiger partial charge in [-0.1, -0.05) is 0 Å². The molecule has 0 unspecified atom stereocenters. The van der Waals surface area contributed by atoms with Crippen molar-refractivity contribution in [1.29, 1.82) is 0 Å². The SMILES string of the molecule is O=c1[nH]cc(Br)cc1[C@@H]1COCCN1. The molecule has 1 saturated heterocycles. The van der Waals surface area contributed by atoms with E-state index in [0.29, 0.717) is 13.2 Å². The van der Waals surface area contributed by atoms with Crippen molar-refractivity contribution in [3.05, 3.63) is 32.7 Å². The third-order valence-corrected chi connectivity index (χ3v) is 2.65. The van der Waals surface area contributed by atoms with Gasteiger partial charge in [-0.05, 0) is 22.0 Å². The summed E-state index contributed by atoms with van der Waals surface area (Å²) in [5.41, 5.74) is 0.662. The lowest BCUT2D eigenvalue weighted by atomic mass is 10.1. The van der Waals surface area contributed by atoms with Gasteiger partial charge in [-0.25, -0.2) is 0 Å². The number of H-pyrrole nitrogens is 1. The summed E-state index contributed by atoms with van der Waals surface area (Å²) in [6.45, 7) is 2.05. The van der Waals surface area contributed by atoms with Crippen molar-refractivity contribution in [1.82, 2.24) is 10.3 Å². The van der Waals surface area contributed by atoms with Crippen LogP contribution >= 0.6 is 15.9 Å². The monoisotopic (exact) mass is 258 g/mol. The molecule has 1 aromatic rings. The van der Waals surface area contributed by atoms with Crippen molar-refractivity contribution < 1.29 is 4.74 Å². The summed E-state index contributed by atoms with van der Waals surface area (Å²) in [4.78, 5) is 14.2. The van der Waals surface area contributed by atoms with E-state index in [2.05, 4.69) is 26.2 Å². The Morgan fingerprint density at radius 3 is 3.14 bits per heavy atom. The first-order valence-corrected chi connectivity index (χ1v) is 5.26. The zero-order chi connectivity index (χ0) is 9.97. The minimum Gasteiger partial charge on any atom is -0.378 e. The molecule has 2 N–H and O–H groups in total. The molecule has 1 aromatic heterocycles. The van der Waals surface area contributed by atoms with Crippen LogP contribution in [0.1, 0.15) is 11.6 Å². The summed E-state index contributed by atoms with van der Waals surface area (Å²) < 4.78 is 6.18. The van der Waals surface area contributed by atoms with Gasteiger partial charge in [0.15, 0.2) is 0 Å². The zero-order valence-electron chi connectivity index (χ0n) is 7.55. The molecule has 0 aliphatic carbocycles. The Kier molecular flexibility index (Phi) is 3.00. The number of nitrogens with one attached hydrogen (secondary N) is 2. The normalized spacial score (nSPS) is 22.2. The molecule has 0 aromatic carbocycles. The highest BCUT2D eigenvalue weighted by atomic mass is 79.9. The Morgan fingerprint density at radius 2 is 2.43 bits per heavy atom. The van der Waals surface area contributed by atoms with E-state index in [1.807, 2.05) is 6.07 Å². The third kappa shape index (κ3) is 2.05. The maximum absolute atomic E-state index is 11.5. The van der Waals surface area contributed by atoms with E-state index in [1.165, 1.54) is 0 Å². The van der Waals surface area contributed by atoms with Crippen LogP contribution in [0, 0.1) is 0 Å². The highest BCUT2D eigenvalue weighted by Gasteiger charge is 2.18. The van der Waals surface area contributed by atoms with Gasteiger partial charge < -0.3 is 15.0 Å². The average Bonchev–Trinajstić information content (AvgIpc) is 2.23. The molecule has 0 radical (unpaired) electrons. The Bertz CT molecular complexity index is 371. The van der Waals surface area contributed by atoms with Crippen molar-refractivity contribution in [3.63, 3.8) is 0 Å². The smallest absolute Gasteiger partial charge is 0.252 e. The number of hydrogen-bond donors (Lipinski definition) is 2. The molecule has 0 bridgehead atoms. The fourth-order valence-corrected chi connectivity index (χ4v) is 1.86. The molecule has 2 rings (SSSR count). The van der Waals surface area contributed by atoms with E-state index in [0.717, 1.165) is 16.6 Å². The molecule has 0 spiro atoms. The van der Waals surface area contributed by atoms with Gasteiger partial charge in [0, 0.05) is 22.8 Å². The van der Waals surface area contributed by atoms with Crippen LogP contribution in [0.4, 0.5) is 0 Å². The molecule has 1 fully saturated rings. The van der Waals surface area contributed by atoms with E-state index in [1.54, 1.807) is 6.20 Å². The van der Waals surface area contributed by atoms with Crippen molar-refractivity contribution in [2.75, 3.05) is 19.8 Å². The first-order valence-electron chi connectivity index (χ1n) is 4.46. The molecule has 14 heavy (non-hydrogen) atoms. The minimum absolute atomic E-state index is 0.00463. The highest BCUT2D eigenvalue weighted by Crippen LogP contribution is 2.15. The second-order valence-corrected chi connectivity index (χ2v) is 4.10. The number of ether oxygens (including phenoxy) is 1. The lowest BCUT2D eigenvalue weighted by molar-refractivity contribution is 0.0764. The van der Waals surface area contributed by atoms with E-state index < -0.39 is 0 Å². The van der Waals surface area contributed by atoms with Crippen molar-refractivity contribution in [2.24, 2.45) is 0 Å². The summed E-state index contributed by atoms with van der Waals surface area (Å²) in [6, 6.07) is 1.83. The van der Waals surface area contributed by atoms with E-state index in [4.69, 9.17) is 4.74 Å². The molecule has 0 amide bonds. The van der Waals surface area contributed by atoms with Gasteiger partial charge >= 0.3 is 0 Å². The third-order valence-electron chi connectivity index (χ3n) is 2.19. The van der Waals surface area contributed by atoms with Gasteiger partial charge in [0.05, 0.1) is 19.3 Å². The number of aromatic amines is 1. The molecule has 4 nitrogen and oxygen atoms in total. The van der Waals surface area contributed by atoms with Crippen molar-refractivity contribution >= 4 is 15.9 Å². The van der Waals surface area contributed by atoms with E-state index in [-0.39, 0.29) is 11.6 Å². The van der Waals surface area contributed by atoms with Gasteiger partial charge in [-0.15, -0.1) is 0 Å². The van der Waals surface area contributed by atoms with E-state index >= 15 is 0 Å². The second-order valence-electron chi connectivity index (χ2n) is 3.18. The minimum atomic E-state index is -0.0591. The van der Waals surface area contributed by atoms with Crippen molar-refractivity contribution in [2.45, 2.75) is 6.04 Å². The number of morpholine rings is 1. The molecular weight excluding hydrogens is 248 g/mol. The molecule has 1 aliphatic heterocycles. The molecule has 0 saturated carbocycles. The summed E-state index contributed by atoms with van der Waals surface area (Å²) >= 11 is 3.32. The van der Waals surface area contributed by atoms with Crippen LogP contribution in [-0.4, -0.2) is 24.7 Å². The fourth-order valence-electron chi connectivity index (χ4n) is 1.50. The largest absolute Gasteiger partial charge is 0.378 e. The average molecular weight is 259 g/mol. The standard InChI is InChI=1S/C9H11BrN2O2/c10-6-3-7(9(13)12-4-6)8-5-14-2-1-11-8/h3-4,8,11H,1-2,5H2,(H,12,13)/t8-/m0/s1. The lowest BCUT2D eigenvalue weighted by Gasteiger charge is -2.23. The number of aromatic nitrogens is 1. The first-order chi connectivity index (χ1) is 6.77. The first kappa shape index (κ1) is 9.89. The van der Waals surface area contributed by atoms with Crippen LogP contribution in [0.5, 0.6) is 0 Å². The quantitative estimate of drug-likeness (QED) is 0.784. The molecule has 2 heterocycles. The summed E-state index contributed by atoms with van der Waals surface area (Å²) in [7, 11) is 0. The maximum Gasteiger partial charge on any atom is 0.252 e. The zero-order valence-corrected chi connectivity index (χ0v) is 9.13. The number of pyridine rings is 1. The summed E-state index contributed by atoms with van der Waals surface area (Å²) in [6.07, 6.45) is 1.63. The number of rotatable bonds is 1. The van der Waals surface area contributed by atoms with Gasteiger partial charge in [0.25, 0.3) is 5.56 Å². The predicted octanol–water partition coefficient (Wildman–Crippen LogP) is 0.798. The molecule has 5 heteroatoms. The van der Waals surface area contributed by atoms with E-state index in [9.17, 15) is 4.79 Å². The lowest BCUT2D eigenvalue weighted by Crippen LogP contribution is -2.37. The maximum atomic E-state index is 11.5. The van der Waals surface area contributed by atoms with Crippen LogP contribution < -0.4 is 10.9 Å². The topological polar surface area (TPSA) is 54.1 Å². The molecule has 1 atom stereocenters. The van der Waals surface area contributed by atoms with Gasteiger partial charge in [0.2, 0.25) is 0 Å². The fraction of sp³-hybridized carbons (Fsp3) is 0.444. The Balaban J connectivity index is 2.29. The number of hydrogen-bond acceptors (Lipinski definition) is 3. The predicted molar refractivity (Wildman–Crippen MR) is 56.3 cm³/mol. The Labute approximate surface area is 89.8 Å². The van der Waals surface area contributed by atoms with Crippen LogP contribution in [0.2, 0.25) is 0 Å². The number of halogens is 1. The Morgan fingerprint density at radius 1 is 1.57 bits per heavy atom. The molecule has 1 aliphatic rings. The second kappa shape index (κ2) is 4.25. The van der Waals surface area contributed by atoms with Gasteiger partial charge in [0.1, 0.15) is 0 Å². The van der Waals surface area contributed by atoms with Crippen molar-refractivity contribution in [3.8, 4) is 0 Å². The van der Waals surface area contributed by atoms with Crippen LogP contribution in [-0.2, 0) is 4.74 Å². The van der Waals surface area contributed by atoms with Gasteiger partial charge in [-0.2, -0.15) is 0 Å². The highest BCUT2D eigenvalue weighted by molar-refractivity contribution is 9.10. The summed E-state index contributed by atoms with van der Waals surface area (Å²) in [5, 5.41) is 3.24. The molecule has 76 valence electrons. The molecular formula is C9H11BrN2O2. The summed E-state index contributed by atoms with van der Waals surface area (Å²) in [5.74, 6) is 0. The van der Waals surface area contributed by atoms with Crippen LogP contribution in [0.3, 0.4) is 0 Å². The van der Waals surface area contributed by atoms with Crippen LogP contribution in [0.25, 0.3) is 0 Å².